The van der Waals surface area contributed by atoms with Crippen molar-refractivity contribution in [1.82, 2.24) is 4.98 Å². The van der Waals surface area contributed by atoms with Gasteiger partial charge in [-0.1, -0.05) is 6.07 Å². The molecule has 0 saturated heterocycles. The van der Waals surface area contributed by atoms with Crippen LogP contribution in [0.1, 0.15) is 11.1 Å². The fourth-order valence-electron chi connectivity index (χ4n) is 3.08. The molecule has 0 bridgehead atoms. The van der Waals surface area contributed by atoms with Crippen molar-refractivity contribution in [3.8, 4) is 11.3 Å². The van der Waals surface area contributed by atoms with E-state index < -0.39 is 0 Å². The fourth-order valence-corrected chi connectivity index (χ4v) is 3.08. The molecule has 0 radical (unpaired) electrons. The van der Waals surface area contributed by atoms with Gasteiger partial charge < -0.3 is 4.42 Å². The monoisotopic (exact) mass is 289 g/mol. The van der Waals surface area contributed by atoms with E-state index in [2.05, 4.69) is 60.9 Å². The van der Waals surface area contributed by atoms with E-state index in [0.717, 1.165) is 33.3 Å². The molecule has 3 heteroatoms. The Bertz CT molecular complexity index is 1010. The summed E-state index contributed by atoms with van der Waals surface area (Å²) in [6.45, 7) is 4.22. The van der Waals surface area contributed by atoms with E-state index in [1.165, 1.54) is 11.1 Å². The van der Waals surface area contributed by atoms with Crippen LogP contribution in [-0.2, 0) is 7.05 Å². The van der Waals surface area contributed by atoms with Crippen LogP contribution in [0.25, 0.3) is 33.3 Å². The lowest BCUT2D eigenvalue weighted by Crippen LogP contribution is -2.31. The first-order chi connectivity index (χ1) is 10.6. The Balaban J connectivity index is 2.14. The minimum Gasteiger partial charge on any atom is -0.453 e. The van der Waals surface area contributed by atoms with Crippen LogP contribution >= 0.6 is 0 Å². The third kappa shape index (κ3) is 1.82. The number of aromatic nitrogens is 2. The highest BCUT2D eigenvalue weighted by molar-refractivity contribution is 6.07. The molecule has 1 aromatic carbocycles. The molecular weight excluding hydrogens is 272 g/mol. The van der Waals surface area contributed by atoms with E-state index in [4.69, 9.17) is 4.42 Å². The maximum absolute atomic E-state index is 6.13. The molecule has 3 heterocycles. The van der Waals surface area contributed by atoms with E-state index in [1.807, 2.05) is 18.3 Å². The first-order valence-electron chi connectivity index (χ1n) is 7.38. The van der Waals surface area contributed by atoms with E-state index in [1.54, 1.807) is 0 Å². The highest BCUT2D eigenvalue weighted by Gasteiger charge is 2.20. The second kappa shape index (κ2) is 4.67. The zero-order valence-electron chi connectivity index (χ0n) is 12.9. The first-order valence-corrected chi connectivity index (χ1v) is 7.38. The number of hydrogen-bond acceptors (Lipinski definition) is 2. The number of rotatable bonds is 1. The number of benzene rings is 1. The number of pyridine rings is 2. The van der Waals surface area contributed by atoms with Gasteiger partial charge in [0.2, 0.25) is 5.69 Å². The van der Waals surface area contributed by atoms with Crippen LogP contribution in [0, 0.1) is 13.8 Å². The van der Waals surface area contributed by atoms with E-state index in [9.17, 15) is 0 Å². The van der Waals surface area contributed by atoms with Crippen molar-refractivity contribution in [2.24, 2.45) is 7.05 Å². The molecule has 0 aliphatic heterocycles. The summed E-state index contributed by atoms with van der Waals surface area (Å²) in [5.74, 6) is 0. The summed E-state index contributed by atoms with van der Waals surface area (Å²) < 4.78 is 8.28. The first kappa shape index (κ1) is 13.0. The zero-order valence-corrected chi connectivity index (χ0v) is 12.9. The minimum absolute atomic E-state index is 0.833. The molecule has 0 unspecified atom stereocenters. The van der Waals surface area contributed by atoms with Gasteiger partial charge in [-0.05, 0) is 43.7 Å². The normalized spacial score (nSPS) is 11.4. The third-order valence-corrected chi connectivity index (χ3v) is 4.14. The van der Waals surface area contributed by atoms with E-state index in [-0.39, 0.29) is 0 Å². The van der Waals surface area contributed by atoms with Crippen LogP contribution in [0.15, 0.2) is 53.2 Å². The predicted octanol–water partition coefficient (Wildman–Crippen LogP) is 4.09. The maximum Gasteiger partial charge on any atom is 0.216 e. The van der Waals surface area contributed by atoms with Crippen molar-refractivity contribution >= 4 is 22.1 Å². The predicted molar refractivity (Wildman–Crippen MR) is 87.6 cm³/mol. The molecule has 4 rings (SSSR count). The number of aryl methyl sites for hydroxylation is 3. The van der Waals surface area contributed by atoms with Gasteiger partial charge in [-0.15, -0.1) is 0 Å². The Labute approximate surface area is 128 Å². The SMILES string of the molecule is Cc1ccc(-c2c(C)ccc3c2oc2cccnc23)[n+](C)c1. The molecule has 0 amide bonds. The molecule has 0 N–H and O–H groups in total. The zero-order chi connectivity index (χ0) is 15.3. The molecule has 0 atom stereocenters. The molecule has 3 nitrogen and oxygen atoms in total. The Morgan fingerprint density at radius 2 is 1.91 bits per heavy atom. The molecule has 22 heavy (non-hydrogen) atoms. The Hall–Kier alpha value is -2.68. The number of nitrogens with zero attached hydrogens (tertiary/aromatic N) is 2. The van der Waals surface area contributed by atoms with Gasteiger partial charge in [0.1, 0.15) is 12.6 Å². The highest BCUT2D eigenvalue weighted by atomic mass is 16.3. The van der Waals surface area contributed by atoms with Crippen LogP contribution in [0.4, 0.5) is 0 Å². The Kier molecular flexibility index (Phi) is 2.76. The van der Waals surface area contributed by atoms with Crippen LogP contribution in [0.5, 0.6) is 0 Å². The molecular formula is C19H17N2O+. The van der Waals surface area contributed by atoms with Gasteiger partial charge in [-0.3, -0.25) is 4.98 Å². The second-order valence-electron chi connectivity index (χ2n) is 5.79. The van der Waals surface area contributed by atoms with Gasteiger partial charge >= 0.3 is 0 Å². The van der Waals surface area contributed by atoms with Crippen molar-refractivity contribution < 1.29 is 8.98 Å². The lowest BCUT2D eigenvalue weighted by molar-refractivity contribution is -0.660. The van der Waals surface area contributed by atoms with Gasteiger partial charge in [-0.25, -0.2) is 4.57 Å². The average Bonchev–Trinajstić information content (AvgIpc) is 2.87. The van der Waals surface area contributed by atoms with Gasteiger partial charge in [0.05, 0.1) is 5.56 Å². The highest BCUT2D eigenvalue weighted by Crippen LogP contribution is 2.35. The largest absolute Gasteiger partial charge is 0.453 e. The lowest BCUT2D eigenvalue weighted by Gasteiger charge is -2.05. The molecule has 0 aliphatic rings. The second-order valence-corrected chi connectivity index (χ2v) is 5.79. The van der Waals surface area contributed by atoms with Crippen LogP contribution < -0.4 is 4.57 Å². The Morgan fingerprint density at radius 3 is 2.73 bits per heavy atom. The van der Waals surface area contributed by atoms with E-state index in [0.29, 0.717) is 0 Å². The summed E-state index contributed by atoms with van der Waals surface area (Å²) in [6, 6.07) is 12.4. The number of furan rings is 1. The van der Waals surface area contributed by atoms with Crippen LogP contribution in [0.2, 0.25) is 0 Å². The summed E-state index contributed by atoms with van der Waals surface area (Å²) in [7, 11) is 2.07. The van der Waals surface area contributed by atoms with Gasteiger partial charge in [0, 0.05) is 23.2 Å². The number of fused-ring (bicyclic) bond motifs is 3. The van der Waals surface area contributed by atoms with Crippen molar-refractivity contribution in [2.45, 2.75) is 13.8 Å². The topological polar surface area (TPSA) is 29.9 Å². The fraction of sp³-hybridized carbons (Fsp3) is 0.158. The summed E-state index contributed by atoms with van der Waals surface area (Å²) in [5.41, 5.74) is 7.39. The van der Waals surface area contributed by atoms with Crippen LogP contribution in [-0.4, -0.2) is 4.98 Å². The number of hydrogen-bond donors (Lipinski definition) is 0. The molecule has 0 fully saturated rings. The van der Waals surface area contributed by atoms with E-state index >= 15 is 0 Å². The summed E-state index contributed by atoms with van der Waals surface area (Å²) in [6.07, 6.45) is 3.94. The molecule has 3 aromatic heterocycles. The molecule has 0 aliphatic carbocycles. The lowest BCUT2D eigenvalue weighted by atomic mass is 10.0. The standard InChI is InChI=1S/C19H17N2O/c1-12-6-9-15(21(3)11-12)17-13(2)7-8-14-18-16(22-19(14)17)5-4-10-20-18/h4-11H,1-3H3/q+1. The molecule has 0 saturated carbocycles. The molecule has 4 aromatic rings. The van der Waals surface area contributed by atoms with Gasteiger partial charge in [-0.2, -0.15) is 0 Å². The summed E-state index contributed by atoms with van der Waals surface area (Å²) in [5, 5.41) is 1.07. The summed E-state index contributed by atoms with van der Waals surface area (Å²) >= 11 is 0. The quantitative estimate of drug-likeness (QED) is 0.494. The van der Waals surface area contributed by atoms with Gasteiger partial charge in [0.25, 0.3) is 0 Å². The van der Waals surface area contributed by atoms with Crippen LogP contribution in [0.3, 0.4) is 0 Å². The van der Waals surface area contributed by atoms with Crippen molar-refractivity contribution in [3.63, 3.8) is 0 Å². The van der Waals surface area contributed by atoms with Crippen molar-refractivity contribution in [2.75, 3.05) is 0 Å². The third-order valence-electron chi connectivity index (χ3n) is 4.14. The molecule has 0 spiro atoms. The minimum atomic E-state index is 0.833. The summed E-state index contributed by atoms with van der Waals surface area (Å²) in [4.78, 5) is 4.47. The maximum atomic E-state index is 6.13. The van der Waals surface area contributed by atoms with Crippen molar-refractivity contribution in [3.05, 3.63) is 59.9 Å². The smallest absolute Gasteiger partial charge is 0.216 e. The van der Waals surface area contributed by atoms with Gasteiger partial charge in [0.15, 0.2) is 17.4 Å². The molecule has 108 valence electrons. The van der Waals surface area contributed by atoms with Crippen molar-refractivity contribution in [1.29, 1.82) is 0 Å². The Morgan fingerprint density at radius 1 is 1.05 bits per heavy atom. The average molecular weight is 289 g/mol.